The lowest BCUT2D eigenvalue weighted by atomic mass is 10.1. The summed E-state index contributed by atoms with van der Waals surface area (Å²) in [6.45, 7) is 0.889. The average molecular weight is 198 g/mol. The molecule has 0 spiro atoms. The Morgan fingerprint density at radius 1 is 1.50 bits per heavy atom. The normalized spacial score (nSPS) is 26.6. The molecule has 1 fully saturated rings. The minimum atomic E-state index is -0.715. The first kappa shape index (κ1) is 9.10. The van der Waals surface area contributed by atoms with Crippen molar-refractivity contribution in [2.24, 2.45) is 11.5 Å². The van der Waals surface area contributed by atoms with Crippen LogP contribution < -0.4 is 11.5 Å². The number of hydrogen-bond acceptors (Lipinski definition) is 6. The lowest BCUT2D eigenvalue weighted by molar-refractivity contribution is 0.0987. The van der Waals surface area contributed by atoms with Gasteiger partial charge in [-0.15, -0.1) is 0 Å². The summed E-state index contributed by atoms with van der Waals surface area (Å²) in [6.07, 6.45) is 0. The van der Waals surface area contributed by atoms with Crippen molar-refractivity contribution in [2.75, 3.05) is 13.2 Å². The molecule has 1 aromatic heterocycles. The van der Waals surface area contributed by atoms with E-state index in [2.05, 4.69) is 10.1 Å². The zero-order valence-electron chi connectivity index (χ0n) is 7.34. The number of nitrogens with zero attached hydrogens (tertiary/aromatic N) is 2. The monoisotopic (exact) mass is 198 g/mol. The van der Waals surface area contributed by atoms with Gasteiger partial charge in [0.15, 0.2) is 0 Å². The van der Waals surface area contributed by atoms with E-state index in [-0.39, 0.29) is 17.8 Å². The number of primary amides is 1. The van der Waals surface area contributed by atoms with Crippen molar-refractivity contribution in [3.05, 3.63) is 11.7 Å². The molecule has 0 saturated carbocycles. The smallest absolute Gasteiger partial charge is 0.290 e. The number of hydrogen-bond donors (Lipinski definition) is 2. The summed E-state index contributed by atoms with van der Waals surface area (Å²) in [4.78, 5) is 14.5. The maximum atomic E-state index is 10.7. The first-order valence-electron chi connectivity index (χ1n) is 4.15. The highest BCUT2D eigenvalue weighted by molar-refractivity contribution is 5.88. The molecule has 0 bridgehead atoms. The van der Waals surface area contributed by atoms with Crippen LogP contribution in [0.3, 0.4) is 0 Å². The molecule has 2 heterocycles. The third kappa shape index (κ3) is 1.47. The Morgan fingerprint density at radius 2 is 2.29 bits per heavy atom. The molecule has 0 aliphatic carbocycles. The van der Waals surface area contributed by atoms with Crippen LogP contribution in [0.15, 0.2) is 4.52 Å². The predicted octanol–water partition coefficient (Wildman–Crippen LogP) is -1.39. The second-order valence-corrected chi connectivity index (χ2v) is 3.13. The highest BCUT2D eigenvalue weighted by Gasteiger charge is 2.31. The average Bonchev–Trinajstić information content (AvgIpc) is 2.71. The van der Waals surface area contributed by atoms with Gasteiger partial charge in [-0.2, -0.15) is 4.98 Å². The molecule has 2 rings (SSSR count). The third-order valence-corrected chi connectivity index (χ3v) is 2.10. The Hall–Kier alpha value is -1.47. The summed E-state index contributed by atoms with van der Waals surface area (Å²) < 4.78 is 9.98. The SMILES string of the molecule is NC(=O)c1noc(C2COCC2N)n1. The second kappa shape index (κ2) is 3.35. The van der Waals surface area contributed by atoms with Crippen molar-refractivity contribution >= 4 is 5.91 Å². The van der Waals surface area contributed by atoms with Crippen molar-refractivity contribution in [1.82, 2.24) is 10.1 Å². The van der Waals surface area contributed by atoms with Gasteiger partial charge in [-0.25, -0.2) is 0 Å². The highest BCUT2D eigenvalue weighted by Crippen LogP contribution is 2.22. The lowest BCUT2D eigenvalue weighted by Gasteiger charge is -2.05. The number of ether oxygens (including phenoxy) is 1. The summed E-state index contributed by atoms with van der Waals surface area (Å²) in [6, 6.07) is -0.170. The molecule has 76 valence electrons. The molecule has 14 heavy (non-hydrogen) atoms. The van der Waals surface area contributed by atoms with E-state index in [1.807, 2.05) is 0 Å². The molecule has 0 radical (unpaired) electrons. The zero-order chi connectivity index (χ0) is 10.1. The van der Waals surface area contributed by atoms with Crippen LogP contribution in [0, 0.1) is 0 Å². The molecule has 1 saturated heterocycles. The van der Waals surface area contributed by atoms with Gasteiger partial charge in [0.05, 0.1) is 19.1 Å². The molecule has 1 aliphatic heterocycles. The van der Waals surface area contributed by atoms with Crippen molar-refractivity contribution < 1.29 is 14.1 Å². The Labute approximate surface area is 79.4 Å². The summed E-state index contributed by atoms with van der Waals surface area (Å²) in [5.74, 6) is -0.675. The standard InChI is InChI=1S/C7H10N4O3/c8-4-2-13-1-3(4)7-10-6(5(9)12)11-14-7/h3-4H,1-2,8H2,(H2,9,12). The molecule has 2 atom stereocenters. The van der Waals surface area contributed by atoms with E-state index < -0.39 is 5.91 Å². The molecular weight excluding hydrogens is 188 g/mol. The van der Waals surface area contributed by atoms with Crippen LogP contribution in [0.1, 0.15) is 22.4 Å². The Bertz CT molecular complexity index is 350. The maximum absolute atomic E-state index is 10.7. The zero-order valence-corrected chi connectivity index (χ0v) is 7.34. The van der Waals surface area contributed by atoms with Gasteiger partial charge in [0.25, 0.3) is 11.7 Å². The van der Waals surface area contributed by atoms with Crippen molar-refractivity contribution in [1.29, 1.82) is 0 Å². The van der Waals surface area contributed by atoms with E-state index in [9.17, 15) is 4.79 Å². The van der Waals surface area contributed by atoms with Crippen LogP contribution in [0.4, 0.5) is 0 Å². The Morgan fingerprint density at radius 3 is 2.79 bits per heavy atom. The molecule has 1 aliphatic rings. The molecular formula is C7H10N4O3. The molecule has 0 aromatic carbocycles. The van der Waals surface area contributed by atoms with Gasteiger partial charge in [-0.3, -0.25) is 4.79 Å². The fourth-order valence-corrected chi connectivity index (χ4v) is 1.31. The number of aromatic nitrogens is 2. The van der Waals surface area contributed by atoms with Crippen LogP contribution in [0.5, 0.6) is 0 Å². The number of amides is 1. The Kier molecular flexibility index (Phi) is 2.18. The third-order valence-electron chi connectivity index (χ3n) is 2.10. The van der Waals surface area contributed by atoms with Crippen LogP contribution in [0.25, 0.3) is 0 Å². The van der Waals surface area contributed by atoms with Gasteiger partial charge in [0.2, 0.25) is 5.89 Å². The van der Waals surface area contributed by atoms with Crippen LogP contribution in [-0.4, -0.2) is 35.3 Å². The Balaban J connectivity index is 2.20. The summed E-state index contributed by atoms with van der Waals surface area (Å²) in [7, 11) is 0. The first-order valence-corrected chi connectivity index (χ1v) is 4.15. The van der Waals surface area contributed by atoms with E-state index in [1.165, 1.54) is 0 Å². The van der Waals surface area contributed by atoms with Gasteiger partial charge in [0.1, 0.15) is 0 Å². The topological polar surface area (TPSA) is 117 Å². The molecule has 7 heteroatoms. The molecule has 1 amide bonds. The van der Waals surface area contributed by atoms with Gasteiger partial charge in [-0.05, 0) is 0 Å². The van der Waals surface area contributed by atoms with E-state index >= 15 is 0 Å². The van der Waals surface area contributed by atoms with Gasteiger partial charge < -0.3 is 20.7 Å². The van der Waals surface area contributed by atoms with Gasteiger partial charge in [-0.1, -0.05) is 5.16 Å². The number of nitrogens with two attached hydrogens (primary N) is 2. The van der Waals surface area contributed by atoms with Gasteiger partial charge >= 0.3 is 0 Å². The number of carbonyl (C=O) groups excluding carboxylic acids is 1. The number of carbonyl (C=O) groups is 1. The number of rotatable bonds is 2. The summed E-state index contributed by atoms with van der Waals surface area (Å²) in [5, 5.41) is 3.42. The lowest BCUT2D eigenvalue weighted by Crippen LogP contribution is -2.27. The minimum Gasteiger partial charge on any atom is -0.379 e. The van der Waals surface area contributed by atoms with E-state index in [0.717, 1.165) is 0 Å². The van der Waals surface area contributed by atoms with Crippen molar-refractivity contribution in [3.63, 3.8) is 0 Å². The van der Waals surface area contributed by atoms with Crippen molar-refractivity contribution in [3.8, 4) is 0 Å². The summed E-state index contributed by atoms with van der Waals surface area (Å²) in [5.41, 5.74) is 10.7. The quantitative estimate of drug-likeness (QED) is 0.604. The predicted molar refractivity (Wildman–Crippen MR) is 44.4 cm³/mol. The van der Waals surface area contributed by atoms with E-state index in [1.54, 1.807) is 0 Å². The fraction of sp³-hybridized carbons (Fsp3) is 0.571. The molecule has 1 aromatic rings. The fourth-order valence-electron chi connectivity index (χ4n) is 1.31. The molecule has 7 nitrogen and oxygen atoms in total. The van der Waals surface area contributed by atoms with Gasteiger partial charge in [0, 0.05) is 6.04 Å². The van der Waals surface area contributed by atoms with Crippen LogP contribution >= 0.6 is 0 Å². The largest absolute Gasteiger partial charge is 0.379 e. The van der Waals surface area contributed by atoms with E-state index in [4.69, 9.17) is 20.7 Å². The van der Waals surface area contributed by atoms with Crippen LogP contribution in [0.2, 0.25) is 0 Å². The second-order valence-electron chi connectivity index (χ2n) is 3.13. The first-order chi connectivity index (χ1) is 6.68. The molecule has 4 N–H and O–H groups in total. The van der Waals surface area contributed by atoms with Crippen LogP contribution in [-0.2, 0) is 4.74 Å². The highest BCUT2D eigenvalue weighted by atomic mass is 16.5. The minimum absolute atomic E-state index is 0.126. The molecule has 2 unspecified atom stereocenters. The maximum Gasteiger partial charge on any atom is 0.290 e. The van der Waals surface area contributed by atoms with Crippen molar-refractivity contribution in [2.45, 2.75) is 12.0 Å². The summed E-state index contributed by atoms with van der Waals surface area (Å²) >= 11 is 0. The van der Waals surface area contributed by atoms with E-state index in [0.29, 0.717) is 19.1 Å².